The largest absolute Gasteiger partial charge is 0.461 e. The number of nitrogens with zero attached hydrogens (tertiary/aromatic N) is 4. The summed E-state index contributed by atoms with van der Waals surface area (Å²) in [6, 6.07) is 9.08. The molecule has 0 atom stereocenters. The van der Waals surface area contributed by atoms with E-state index in [1.165, 1.54) is 11.0 Å². The van der Waals surface area contributed by atoms with Crippen LogP contribution >= 0.6 is 11.3 Å². The summed E-state index contributed by atoms with van der Waals surface area (Å²) in [6.07, 6.45) is 1.27. The van der Waals surface area contributed by atoms with E-state index in [2.05, 4.69) is 10.3 Å². The Morgan fingerprint density at radius 1 is 1.11 bits per heavy atom. The van der Waals surface area contributed by atoms with Gasteiger partial charge in [0.2, 0.25) is 5.91 Å². The standard InChI is InChI=1S/C25H27N5O5S/c1-14(2)12-35-25(34)21-15(3)19-22(36-21)26-13-29(23(19)32)11-18(31)27-20-16(4)28(5)30(24(20)33)17-9-7-6-8-10-17/h6-10,13-14H,11-12H2,1-5H3,(H,27,31). The maximum Gasteiger partial charge on any atom is 0.348 e. The Kier molecular flexibility index (Phi) is 6.93. The van der Waals surface area contributed by atoms with Crippen molar-refractivity contribution in [3.05, 3.63) is 73.5 Å². The number of carbonyl (C=O) groups is 2. The molecule has 0 aliphatic rings. The Morgan fingerprint density at radius 3 is 2.47 bits per heavy atom. The molecule has 10 nitrogen and oxygen atoms in total. The molecule has 4 rings (SSSR count). The molecule has 3 heterocycles. The zero-order valence-corrected chi connectivity index (χ0v) is 21.5. The van der Waals surface area contributed by atoms with Crippen LogP contribution in [0.3, 0.4) is 0 Å². The van der Waals surface area contributed by atoms with E-state index >= 15 is 0 Å². The van der Waals surface area contributed by atoms with Gasteiger partial charge in [-0.15, -0.1) is 11.3 Å². The third kappa shape index (κ3) is 4.61. The van der Waals surface area contributed by atoms with Gasteiger partial charge in [0, 0.05) is 7.05 Å². The summed E-state index contributed by atoms with van der Waals surface area (Å²) in [5.74, 6) is -0.863. The smallest absolute Gasteiger partial charge is 0.348 e. The number of esters is 1. The van der Waals surface area contributed by atoms with Crippen molar-refractivity contribution in [3.8, 4) is 5.69 Å². The zero-order chi connectivity index (χ0) is 26.1. The molecule has 0 unspecified atom stereocenters. The van der Waals surface area contributed by atoms with E-state index < -0.39 is 17.4 Å². The summed E-state index contributed by atoms with van der Waals surface area (Å²) in [6.45, 7) is 7.19. The zero-order valence-electron chi connectivity index (χ0n) is 20.7. The number of anilines is 1. The number of aryl methyl sites for hydroxylation is 1. The van der Waals surface area contributed by atoms with Gasteiger partial charge in [0.1, 0.15) is 21.9 Å². The number of hydrogen-bond donors (Lipinski definition) is 1. The second kappa shape index (κ2) is 9.94. The van der Waals surface area contributed by atoms with Crippen molar-refractivity contribution in [3.63, 3.8) is 0 Å². The highest BCUT2D eigenvalue weighted by atomic mass is 32.1. The maximum absolute atomic E-state index is 13.1. The molecule has 4 aromatic rings. The second-order valence-electron chi connectivity index (χ2n) is 8.89. The predicted molar refractivity (Wildman–Crippen MR) is 138 cm³/mol. The molecular formula is C25H27N5O5S. The van der Waals surface area contributed by atoms with Crippen molar-refractivity contribution in [2.45, 2.75) is 34.2 Å². The quantitative estimate of drug-likeness (QED) is 0.383. The number of amides is 1. The van der Waals surface area contributed by atoms with Crippen LogP contribution in [0, 0.1) is 19.8 Å². The van der Waals surface area contributed by atoms with Crippen LogP contribution in [0.5, 0.6) is 0 Å². The topological polar surface area (TPSA) is 117 Å². The number of hydrogen-bond acceptors (Lipinski definition) is 7. The predicted octanol–water partition coefficient (Wildman–Crippen LogP) is 3.02. The van der Waals surface area contributed by atoms with Crippen LogP contribution in [-0.2, 0) is 23.1 Å². The highest BCUT2D eigenvalue weighted by Gasteiger charge is 2.22. The van der Waals surface area contributed by atoms with E-state index in [1.807, 2.05) is 32.0 Å². The summed E-state index contributed by atoms with van der Waals surface area (Å²) in [5.41, 5.74) is 1.01. The maximum atomic E-state index is 13.1. The average molecular weight is 510 g/mol. The van der Waals surface area contributed by atoms with E-state index in [0.717, 1.165) is 15.9 Å². The van der Waals surface area contributed by atoms with Gasteiger partial charge in [0.05, 0.1) is 29.7 Å². The summed E-state index contributed by atoms with van der Waals surface area (Å²) >= 11 is 1.09. The molecule has 0 saturated heterocycles. The van der Waals surface area contributed by atoms with Crippen molar-refractivity contribution in [1.29, 1.82) is 0 Å². The number of thiophene rings is 1. The highest BCUT2D eigenvalue weighted by molar-refractivity contribution is 7.20. The highest BCUT2D eigenvalue weighted by Crippen LogP contribution is 2.27. The first-order valence-electron chi connectivity index (χ1n) is 11.4. The first-order valence-corrected chi connectivity index (χ1v) is 12.2. The molecule has 0 saturated carbocycles. The fourth-order valence-electron chi connectivity index (χ4n) is 3.82. The molecule has 1 N–H and O–H groups in total. The number of ether oxygens (including phenoxy) is 1. The molecule has 0 fully saturated rings. The molecule has 0 spiro atoms. The molecule has 1 amide bonds. The summed E-state index contributed by atoms with van der Waals surface area (Å²) < 4.78 is 9.58. The average Bonchev–Trinajstić information content (AvgIpc) is 3.29. The third-order valence-corrected chi connectivity index (χ3v) is 6.96. The van der Waals surface area contributed by atoms with Crippen LogP contribution in [0.15, 0.2) is 46.2 Å². The lowest BCUT2D eigenvalue weighted by atomic mass is 10.2. The molecule has 0 aliphatic heterocycles. The number of carbonyl (C=O) groups excluding carboxylic acids is 2. The SMILES string of the molecule is Cc1c(C(=O)OCC(C)C)sc2ncn(CC(=O)Nc3c(C)n(C)n(-c4ccccc4)c3=O)c(=O)c12. The number of benzene rings is 1. The molecule has 1 aromatic carbocycles. The van der Waals surface area contributed by atoms with Gasteiger partial charge in [0.15, 0.2) is 0 Å². The van der Waals surface area contributed by atoms with Crippen molar-refractivity contribution >= 4 is 39.1 Å². The molecule has 0 bridgehead atoms. The normalized spacial score (nSPS) is 11.3. The number of fused-ring (bicyclic) bond motifs is 1. The van der Waals surface area contributed by atoms with Crippen molar-refractivity contribution < 1.29 is 14.3 Å². The monoisotopic (exact) mass is 509 g/mol. The van der Waals surface area contributed by atoms with Crippen LogP contribution in [0.2, 0.25) is 0 Å². The minimum Gasteiger partial charge on any atom is -0.461 e. The summed E-state index contributed by atoms with van der Waals surface area (Å²) in [5, 5.41) is 2.92. The van der Waals surface area contributed by atoms with Gasteiger partial charge in [-0.2, -0.15) is 0 Å². The third-order valence-electron chi connectivity index (χ3n) is 5.78. The lowest BCUT2D eigenvalue weighted by Crippen LogP contribution is -2.29. The lowest BCUT2D eigenvalue weighted by Gasteiger charge is -2.07. The van der Waals surface area contributed by atoms with Crippen LogP contribution in [0.4, 0.5) is 5.69 Å². The minimum absolute atomic E-state index is 0.135. The number of nitrogens with one attached hydrogen (secondary N) is 1. The molecule has 36 heavy (non-hydrogen) atoms. The van der Waals surface area contributed by atoms with E-state index in [0.29, 0.717) is 26.7 Å². The van der Waals surface area contributed by atoms with Gasteiger partial charge >= 0.3 is 5.97 Å². The fraction of sp³-hybridized carbons (Fsp3) is 0.320. The van der Waals surface area contributed by atoms with E-state index in [-0.39, 0.29) is 35.7 Å². The first kappa shape index (κ1) is 25.1. The molecule has 11 heteroatoms. The Balaban J connectivity index is 1.60. The molecule has 0 radical (unpaired) electrons. The van der Waals surface area contributed by atoms with E-state index in [1.54, 1.807) is 37.7 Å². The fourth-order valence-corrected chi connectivity index (χ4v) is 4.85. The Bertz CT molecular complexity index is 1580. The van der Waals surface area contributed by atoms with Crippen LogP contribution in [-0.4, -0.2) is 37.4 Å². The number of aromatic nitrogens is 4. The minimum atomic E-state index is -0.547. The van der Waals surface area contributed by atoms with E-state index in [9.17, 15) is 19.2 Å². The van der Waals surface area contributed by atoms with Crippen LogP contribution in [0.25, 0.3) is 15.9 Å². The first-order chi connectivity index (χ1) is 17.1. The van der Waals surface area contributed by atoms with Crippen LogP contribution < -0.4 is 16.4 Å². The van der Waals surface area contributed by atoms with Gasteiger partial charge in [-0.3, -0.25) is 23.6 Å². The van der Waals surface area contributed by atoms with Crippen molar-refractivity contribution in [2.75, 3.05) is 11.9 Å². The van der Waals surface area contributed by atoms with Crippen molar-refractivity contribution in [1.82, 2.24) is 18.9 Å². The van der Waals surface area contributed by atoms with Gasteiger partial charge < -0.3 is 10.1 Å². The molecule has 188 valence electrons. The van der Waals surface area contributed by atoms with E-state index in [4.69, 9.17) is 4.74 Å². The van der Waals surface area contributed by atoms with Crippen molar-refractivity contribution in [2.24, 2.45) is 13.0 Å². The summed E-state index contributed by atoms with van der Waals surface area (Å²) in [7, 11) is 1.73. The summed E-state index contributed by atoms with van der Waals surface area (Å²) in [4.78, 5) is 56.5. The lowest BCUT2D eigenvalue weighted by molar-refractivity contribution is -0.116. The van der Waals surface area contributed by atoms with Gasteiger partial charge in [-0.1, -0.05) is 32.0 Å². The Hall–Kier alpha value is -3.99. The van der Waals surface area contributed by atoms with Gasteiger partial charge in [-0.05, 0) is 37.5 Å². The van der Waals surface area contributed by atoms with Gasteiger partial charge in [-0.25, -0.2) is 14.5 Å². The number of para-hydroxylation sites is 1. The molecule has 0 aliphatic carbocycles. The van der Waals surface area contributed by atoms with Gasteiger partial charge in [0.25, 0.3) is 11.1 Å². The Morgan fingerprint density at radius 2 is 1.81 bits per heavy atom. The Labute approximate surface area is 210 Å². The second-order valence-corrected chi connectivity index (χ2v) is 9.89. The molecular weight excluding hydrogens is 482 g/mol. The molecule has 3 aromatic heterocycles. The van der Waals surface area contributed by atoms with Crippen LogP contribution in [0.1, 0.15) is 34.8 Å². The number of rotatable bonds is 7.